The molecule has 184 valence electrons. The second-order valence-electron chi connectivity index (χ2n) is 10.1. The quantitative estimate of drug-likeness (QED) is 0.221. The van der Waals surface area contributed by atoms with Crippen molar-refractivity contribution in [3.63, 3.8) is 0 Å². The maximum Gasteiger partial charge on any atom is 0.0430 e. The van der Waals surface area contributed by atoms with E-state index < -0.39 is 0 Å². The molecular formula is C36H28S2. The van der Waals surface area contributed by atoms with Crippen LogP contribution in [-0.2, 0) is 0 Å². The van der Waals surface area contributed by atoms with Gasteiger partial charge >= 0.3 is 0 Å². The van der Waals surface area contributed by atoms with Crippen molar-refractivity contribution in [2.24, 2.45) is 0 Å². The second kappa shape index (κ2) is 9.62. The number of hydrogen-bond acceptors (Lipinski definition) is 2. The van der Waals surface area contributed by atoms with Crippen LogP contribution in [0.1, 0.15) is 28.8 Å². The zero-order valence-corrected chi connectivity index (χ0v) is 23.2. The van der Waals surface area contributed by atoms with E-state index in [-0.39, 0.29) is 0 Å². The molecule has 2 atom stereocenters. The summed E-state index contributed by atoms with van der Waals surface area (Å²) in [5.74, 6) is 0.439. The monoisotopic (exact) mass is 524 g/mol. The van der Waals surface area contributed by atoms with E-state index in [1.807, 2.05) is 23.1 Å². The number of benzene rings is 5. The van der Waals surface area contributed by atoms with Crippen LogP contribution in [0.5, 0.6) is 0 Å². The molecule has 2 heterocycles. The number of rotatable bonds is 4. The van der Waals surface area contributed by atoms with Gasteiger partial charge in [0, 0.05) is 36.6 Å². The number of thioether (sulfide) groups is 1. The Kier molecular flexibility index (Phi) is 5.95. The molecule has 2 unspecified atom stereocenters. The summed E-state index contributed by atoms with van der Waals surface area (Å²) in [4.78, 5) is 2.80. The summed E-state index contributed by atoms with van der Waals surface area (Å²) >= 11 is 3.93. The predicted octanol–water partition coefficient (Wildman–Crippen LogP) is 10.8. The van der Waals surface area contributed by atoms with Crippen molar-refractivity contribution in [1.29, 1.82) is 0 Å². The lowest BCUT2D eigenvalue weighted by Gasteiger charge is -2.16. The summed E-state index contributed by atoms with van der Waals surface area (Å²) in [5, 5.41) is 1.87. The Balaban J connectivity index is 1.27. The SMILES string of the molecule is Cc1sc2c(-c3ccc(-c4cccc5c4SC(C)C5c4ccccc4)cc3)cccc2c1-c1ccccc1. The highest BCUT2D eigenvalue weighted by molar-refractivity contribution is 8.00. The van der Waals surface area contributed by atoms with Gasteiger partial charge in [0.25, 0.3) is 0 Å². The molecule has 7 rings (SSSR count). The molecule has 0 aliphatic carbocycles. The van der Waals surface area contributed by atoms with Crippen molar-refractivity contribution in [3.8, 4) is 33.4 Å². The molecular weight excluding hydrogens is 497 g/mol. The molecule has 1 aliphatic heterocycles. The molecule has 0 saturated carbocycles. The third-order valence-corrected chi connectivity index (χ3v) is 10.3. The first kappa shape index (κ1) is 23.5. The molecule has 0 N–H and O–H groups in total. The standard InChI is InChI=1S/C36H28S2/c1-23-33(27-11-5-3-6-12-27)31-17-9-15-29(35(31)37-23)25-19-21-26(22-20-25)30-16-10-18-32-34(24(2)38-36(30)32)28-13-7-4-8-14-28/h3-23,33H,1-2H3. The van der Waals surface area contributed by atoms with Crippen molar-refractivity contribution in [2.45, 2.75) is 29.9 Å². The molecule has 2 heteroatoms. The van der Waals surface area contributed by atoms with E-state index in [0.29, 0.717) is 11.2 Å². The molecule has 1 aromatic heterocycles. The Morgan fingerprint density at radius 1 is 0.579 bits per heavy atom. The van der Waals surface area contributed by atoms with Crippen molar-refractivity contribution in [3.05, 3.63) is 137 Å². The summed E-state index contributed by atoms with van der Waals surface area (Å²) < 4.78 is 1.37. The van der Waals surface area contributed by atoms with Gasteiger partial charge in [0.05, 0.1) is 0 Å². The minimum atomic E-state index is 0.439. The molecule has 38 heavy (non-hydrogen) atoms. The van der Waals surface area contributed by atoms with Crippen molar-refractivity contribution >= 4 is 33.2 Å². The van der Waals surface area contributed by atoms with Gasteiger partial charge in [-0.1, -0.05) is 128 Å². The van der Waals surface area contributed by atoms with Crippen molar-refractivity contribution in [1.82, 2.24) is 0 Å². The van der Waals surface area contributed by atoms with Crippen LogP contribution in [-0.4, -0.2) is 5.25 Å². The lowest BCUT2D eigenvalue weighted by Crippen LogP contribution is -2.07. The maximum absolute atomic E-state index is 2.36. The van der Waals surface area contributed by atoms with Gasteiger partial charge in [0.15, 0.2) is 0 Å². The van der Waals surface area contributed by atoms with Crippen LogP contribution in [0.2, 0.25) is 0 Å². The third-order valence-electron chi connectivity index (χ3n) is 7.77. The van der Waals surface area contributed by atoms with E-state index in [1.165, 1.54) is 64.4 Å². The van der Waals surface area contributed by atoms with E-state index in [2.05, 4.69) is 135 Å². The van der Waals surface area contributed by atoms with Crippen molar-refractivity contribution < 1.29 is 0 Å². The highest BCUT2D eigenvalue weighted by Crippen LogP contribution is 2.52. The van der Waals surface area contributed by atoms with E-state index in [0.717, 1.165) is 0 Å². The average Bonchev–Trinajstić information content (AvgIpc) is 3.49. The Morgan fingerprint density at radius 2 is 1.21 bits per heavy atom. The fraction of sp³-hybridized carbons (Fsp3) is 0.111. The molecule has 0 fully saturated rings. The van der Waals surface area contributed by atoms with Gasteiger partial charge < -0.3 is 0 Å². The topological polar surface area (TPSA) is 0 Å². The fourth-order valence-corrected chi connectivity index (χ4v) is 8.70. The zero-order chi connectivity index (χ0) is 25.6. The van der Waals surface area contributed by atoms with Crippen LogP contribution in [0.15, 0.2) is 126 Å². The molecule has 0 amide bonds. The van der Waals surface area contributed by atoms with Gasteiger partial charge in [0.1, 0.15) is 0 Å². The molecule has 0 nitrogen and oxygen atoms in total. The third kappa shape index (κ3) is 3.91. The summed E-state index contributed by atoms with van der Waals surface area (Å²) in [6, 6.07) is 44.6. The predicted molar refractivity (Wildman–Crippen MR) is 166 cm³/mol. The smallest absolute Gasteiger partial charge is 0.0430 e. The van der Waals surface area contributed by atoms with Gasteiger partial charge in [-0.25, -0.2) is 0 Å². The first-order valence-corrected chi connectivity index (χ1v) is 14.9. The van der Waals surface area contributed by atoms with E-state index in [4.69, 9.17) is 0 Å². The summed E-state index contributed by atoms with van der Waals surface area (Å²) in [6.45, 7) is 4.61. The van der Waals surface area contributed by atoms with Gasteiger partial charge in [-0.15, -0.1) is 23.1 Å². The Morgan fingerprint density at radius 3 is 1.95 bits per heavy atom. The molecule has 0 saturated heterocycles. The summed E-state index contributed by atoms with van der Waals surface area (Å²) in [5.41, 5.74) is 10.8. The summed E-state index contributed by atoms with van der Waals surface area (Å²) in [6.07, 6.45) is 0. The largest absolute Gasteiger partial charge is 0.139 e. The van der Waals surface area contributed by atoms with Crippen LogP contribution >= 0.6 is 23.1 Å². The fourth-order valence-electron chi connectivity index (χ4n) is 6.03. The first-order chi connectivity index (χ1) is 18.7. The number of aryl methyl sites for hydroxylation is 1. The van der Waals surface area contributed by atoms with Gasteiger partial charge in [-0.05, 0) is 45.9 Å². The Bertz CT molecular complexity index is 1750. The maximum atomic E-state index is 2.36. The minimum absolute atomic E-state index is 0.439. The molecule has 0 bridgehead atoms. The normalized spacial score (nSPS) is 16.6. The van der Waals surface area contributed by atoms with Gasteiger partial charge in [-0.2, -0.15) is 0 Å². The zero-order valence-electron chi connectivity index (χ0n) is 21.5. The van der Waals surface area contributed by atoms with Gasteiger partial charge in [-0.3, -0.25) is 0 Å². The second-order valence-corrected chi connectivity index (χ2v) is 12.7. The lowest BCUT2D eigenvalue weighted by molar-refractivity contribution is 0.807. The number of fused-ring (bicyclic) bond motifs is 2. The van der Waals surface area contributed by atoms with E-state index in [1.54, 1.807) is 0 Å². The van der Waals surface area contributed by atoms with E-state index >= 15 is 0 Å². The first-order valence-electron chi connectivity index (χ1n) is 13.2. The Labute approximate surface area is 233 Å². The van der Waals surface area contributed by atoms with Crippen LogP contribution in [0.4, 0.5) is 0 Å². The number of hydrogen-bond donors (Lipinski definition) is 0. The lowest BCUT2D eigenvalue weighted by atomic mass is 9.87. The average molecular weight is 525 g/mol. The molecule has 5 aromatic carbocycles. The minimum Gasteiger partial charge on any atom is -0.139 e. The van der Waals surface area contributed by atoms with Crippen LogP contribution in [0.3, 0.4) is 0 Å². The van der Waals surface area contributed by atoms with Crippen LogP contribution < -0.4 is 0 Å². The highest BCUT2D eigenvalue weighted by atomic mass is 32.2. The summed E-state index contributed by atoms with van der Waals surface area (Å²) in [7, 11) is 0. The van der Waals surface area contributed by atoms with Crippen LogP contribution in [0, 0.1) is 6.92 Å². The highest BCUT2D eigenvalue weighted by Gasteiger charge is 2.33. The van der Waals surface area contributed by atoms with Gasteiger partial charge in [0.2, 0.25) is 0 Å². The number of thiophene rings is 1. The molecule has 0 radical (unpaired) electrons. The molecule has 1 aliphatic rings. The Hall–Kier alpha value is -3.59. The molecule has 0 spiro atoms. The van der Waals surface area contributed by atoms with Crippen molar-refractivity contribution in [2.75, 3.05) is 0 Å². The van der Waals surface area contributed by atoms with E-state index in [9.17, 15) is 0 Å². The van der Waals surface area contributed by atoms with Crippen LogP contribution in [0.25, 0.3) is 43.5 Å². The molecule has 6 aromatic rings.